The Morgan fingerprint density at radius 3 is 2.69 bits per heavy atom. The molecule has 0 aliphatic rings. The van der Waals surface area contributed by atoms with Gasteiger partial charge in [-0.3, -0.25) is 9.59 Å². The minimum Gasteiger partial charge on any atom is -0.439 e. The lowest BCUT2D eigenvalue weighted by Gasteiger charge is -2.17. The molecule has 0 radical (unpaired) electrons. The molecule has 3 aromatic rings. The molecular weight excluding hydrogens is 379 g/mol. The van der Waals surface area contributed by atoms with Gasteiger partial charge in [-0.05, 0) is 31.2 Å². The molecule has 1 aromatic carbocycles. The largest absolute Gasteiger partial charge is 0.439 e. The van der Waals surface area contributed by atoms with E-state index in [2.05, 4.69) is 25.6 Å². The molecule has 29 heavy (non-hydrogen) atoms. The highest BCUT2D eigenvalue weighted by atomic mass is 19.1. The molecule has 10 heteroatoms. The number of halogens is 1. The number of rotatable bonds is 7. The number of nitrogens with zero attached hydrogens (tertiary/aromatic N) is 3. The van der Waals surface area contributed by atoms with Crippen molar-refractivity contribution in [2.45, 2.75) is 13.0 Å². The van der Waals surface area contributed by atoms with Gasteiger partial charge in [0.2, 0.25) is 17.7 Å². The second-order valence-corrected chi connectivity index (χ2v) is 5.93. The number of carbonyl (C=O) groups excluding carboxylic acids is 2. The van der Waals surface area contributed by atoms with Gasteiger partial charge in [-0.15, -0.1) is 0 Å². The molecular formula is C19H17FN6O3. The molecule has 2 amide bonds. The predicted molar refractivity (Wildman–Crippen MR) is 103 cm³/mol. The van der Waals surface area contributed by atoms with Crippen LogP contribution in [0.2, 0.25) is 0 Å². The van der Waals surface area contributed by atoms with E-state index in [1.807, 2.05) is 0 Å². The van der Waals surface area contributed by atoms with Crippen molar-refractivity contribution in [3.63, 3.8) is 0 Å². The third-order valence-corrected chi connectivity index (χ3v) is 3.76. The summed E-state index contributed by atoms with van der Waals surface area (Å²) in [5.41, 5.74) is 6.21. The van der Waals surface area contributed by atoms with Gasteiger partial charge < -0.3 is 21.1 Å². The summed E-state index contributed by atoms with van der Waals surface area (Å²) in [6.45, 7) is 1.57. The zero-order chi connectivity index (χ0) is 20.8. The highest BCUT2D eigenvalue weighted by Gasteiger charge is 2.15. The van der Waals surface area contributed by atoms with E-state index < -0.39 is 23.8 Å². The topological polar surface area (TPSA) is 132 Å². The van der Waals surface area contributed by atoms with Gasteiger partial charge in [0.05, 0.1) is 11.4 Å². The van der Waals surface area contributed by atoms with Crippen LogP contribution in [0.1, 0.15) is 17.4 Å². The van der Waals surface area contributed by atoms with Crippen LogP contribution >= 0.6 is 0 Å². The summed E-state index contributed by atoms with van der Waals surface area (Å²) in [5.74, 6) is -1.38. The number of carbonyl (C=O) groups is 2. The van der Waals surface area contributed by atoms with E-state index in [1.54, 1.807) is 19.1 Å². The zero-order valence-electron chi connectivity index (χ0n) is 15.3. The van der Waals surface area contributed by atoms with Gasteiger partial charge in [0.15, 0.2) is 0 Å². The third-order valence-electron chi connectivity index (χ3n) is 3.76. The summed E-state index contributed by atoms with van der Waals surface area (Å²) in [6.07, 6.45) is 2.70. The Kier molecular flexibility index (Phi) is 5.93. The van der Waals surface area contributed by atoms with Crippen molar-refractivity contribution >= 4 is 23.2 Å². The first-order chi connectivity index (χ1) is 13.9. The van der Waals surface area contributed by atoms with Crippen molar-refractivity contribution in [2.75, 3.05) is 10.6 Å². The van der Waals surface area contributed by atoms with Crippen LogP contribution in [0.3, 0.4) is 0 Å². The number of anilines is 2. The molecule has 2 heterocycles. The Morgan fingerprint density at radius 2 is 2.00 bits per heavy atom. The van der Waals surface area contributed by atoms with Crippen LogP contribution in [0.25, 0.3) is 0 Å². The Labute approximate surface area is 165 Å². The van der Waals surface area contributed by atoms with Crippen LogP contribution < -0.4 is 21.1 Å². The normalized spacial score (nSPS) is 11.4. The molecule has 1 atom stereocenters. The van der Waals surface area contributed by atoms with Crippen LogP contribution in [0.5, 0.6) is 11.6 Å². The van der Waals surface area contributed by atoms with Crippen molar-refractivity contribution in [1.82, 2.24) is 15.0 Å². The van der Waals surface area contributed by atoms with Crippen molar-refractivity contribution in [2.24, 2.45) is 5.73 Å². The molecule has 0 unspecified atom stereocenters. The standard InChI is InChI=1S/C19H17FN6O3/c1-11(18(21)27)24-15-9-12(29-17-4-2-3-16(20)26-17)5-6-13(15)25-19(28)14-7-8-22-10-23-14/h2-11,24H,1H3,(H2,21,27)(H,25,28)/t11-/m0/s1. The molecule has 0 bridgehead atoms. The average molecular weight is 396 g/mol. The van der Waals surface area contributed by atoms with Gasteiger partial charge in [-0.2, -0.15) is 9.37 Å². The lowest BCUT2D eigenvalue weighted by atomic mass is 10.2. The highest BCUT2D eigenvalue weighted by molar-refractivity contribution is 6.04. The van der Waals surface area contributed by atoms with E-state index in [9.17, 15) is 14.0 Å². The van der Waals surface area contributed by atoms with E-state index in [4.69, 9.17) is 10.5 Å². The molecule has 0 aliphatic carbocycles. The molecule has 4 N–H and O–H groups in total. The molecule has 148 valence electrons. The van der Waals surface area contributed by atoms with Gasteiger partial charge in [-0.25, -0.2) is 9.97 Å². The van der Waals surface area contributed by atoms with E-state index in [0.717, 1.165) is 0 Å². The van der Waals surface area contributed by atoms with Gasteiger partial charge in [0, 0.05) is 18.3 Å². The lowest BCUT2D eigenvalue weighted by molar-refractivity contribution is -0.118. The summed E-state index contributed by atoms with van der Waals surface area (Å²) in [7, 11) is 0. The molecule has 0 saturated heterocycles. The van der Waals surface area contributed by atoms with Gasteiger partial charge >= 0.3 is 0 Å². The third kappa shape index (κ3) is 5.22. The van der Waals surface area contributed by atoms with Crippen molar-refractivity contribution in [3.8, 4) is 11.6 Å². The number of amides is 2. The first-order valence-electron chi connectivity index (χ1n) is 8.50. The maximum Gasteiger partial charge on any atom is 0.274 e. The predicted octanol–water partition coefficient (Wildman–Crippen LogP) is 2.34. The lowest BCUT2D eigenvalue weighted by Crippen LogP contribution is -2.32. The van der Waals surface area contributed by atoms with E-state index in [-0.39, 0.29) is 11.6 Å². The Morgan fingerprint density at radius 1 is 1.17 bits per heavy atom. The van der Waals surface area contributed by atoms with Crippen molar-refractivity contribution in [3.05, 3.63) is 66.6 Å². The number of aromatic nitrogens is 3. The number of pyridine rings is 1. The van der Waals surface area contributed by atoms with Crippen LogP contribution in [0.4, 0.5) is 15.8 Å². The van der Waals surface area contributed by atoms with Crippen LogP contribution in [0, 0.1) is 5.95 Å². The number of hydrogen-bond donors (Lipinski definition) is 3. The van der Waals surface area contributed by atoms with E-state index in [1.165, 1.54) is 42.9 Å². The van der Waals surface area contributed by atoms with Crippen molar-refractivity contribution < 1.29 is 18.7 Å². The number of hydrogen-bond acceptors (Lipinski definition) is 7. The Hall–Kier alpha value is -4.08. The second kappa shape index (κ2) is 8.74. The second-order valence-electron chi connectivity index (χ2n) is 5.93. The van der Waals surface area contributed by atoms with Gasteiger partial charge in [0.1, 0.15) is 23.8 Å². The summed E-state index contributed by atoms with van der Waals surface area (Å²) in [5, 5.41) is 5.60. The quantitative estimate of drug-likeness (QED) is 0.522. The van der Waals surface area contributed by atoms with Crippen LogP contribution in [-0.2, 0) is 4.79 Å². The highest BCUT2D eigenvalue weighted by Crippen LogP contribution is 2.30. The van der Waals surface area contributed by atoms with Gasteiger partial charge in [0.25, 0.3) is 5.91 Å². The van der Waals surface area contributed by atoms with Crippen LogP contribution in [0.15, 0.2) is 55.0 Å². The number of benzene rings is 1. The first-order valence-corrected chi connectivity index (χ1v) is 8.50. The SMILES string of the molecule is C[C@H](Nc1cc(Oc2cccc(F)n2)ccc1NC(=O)c1ccncn1)C(N)=O. The number of nitrogens with one attached hydrogen (secondary N) is 2. The summed E-state index contributed by atoms with van der Waals surface area (Å²) >= 11 is 0. The van der Waals surface area contributed by atoms with Crippen LogP contribution in [-0.4, -0.2) is 32.8 Å². The summed E-state index contributed by atoms with van der Waals surface area (Å²) in [4.78, 5) is 35.1. The zero-order valence-corrected chi connectivity index (χ0v) is 15.3. The minimum atomic E-state index is -0.729. The smallest absolute Gasteiger partial charge is 0.274 e. The Bertz CT molecular complexity index is 1030. The maximum absolute atomic E-state index is 13.3. The fourth-order valence-electron chi connectivity index (χ4n) is 2.30. The molecule has 0 spiro atoms. The molecule has 0 aliphatic heterocycles. The summed E-state index contributed by atoms with van der Waals surface area (Å²) < 4.78 is 18.8. The minimum absolute atomic E-state index is 0.0525. The molecule has 9 nitrogen and oxygen atoms in total. The fraction of sp³-hybridized carbons (Fsp3) is 0.105. The van der Waals surface area contributed by atoms with Gasteiger partial charge in [-0.1, -0.05) is 6.07 Å². The number of nitrogens with two attached hydrogens (primary N) is 1. The summed E-state index contributed by atoms with van der Waals surface area (Å²) in [6, 6.07) is 9.53. The number of ether oxygens (including phenoxy) is 1. The molecule has 0 saturated carbocycles. The van der Waals surface area contributed by atoms with Crippen molar-refractivity contribution in [1.29, 1.82) is 0 Å². The number of primary amides is 1. The molecule has 2 aromatic heterocycles. The Balaban J connectivity index is 1.88. The molecule has 0 fully saturated rings. The monoisotopic (exact) mass is 396 g/mol. The van der Waals surface area contributed by atoms with E-state index in [0.29, 0.717) is 17.1 Å². The fourth-order valence-corrected chi connectivity index (χ4v) is 2.30. The molecule has 3 rings (SSSR count). The first kappa shape index (κ1) is 19.7. The maximum atomic E-state index is 13.3. The van der Waals surface area contributed by atoms with E-state index >= 15 is 0 Å². The average Bonchev–Trinajstić information content (AvgIpc) is 2.70.